The number of ether oxygens (including phenoxy) is 2. The summed E-state index contributed by atoms with van der Waals surface area (Å²) < 4.78 is 10.8. The lowest BCUT2D eigenvalue weighted by Gasteiger charge is -2.15. The highest BCUT2D eigenvalue weighted by Crippen LogP contribution is 2.38. The number of hydrogen-bond donors (Lipinski definition) is 1. The number of methoxy groups -OCH3 is 2. The van der Waals surface area contributed by atoms with E-state index in [1.54, 1.807) is 14.2 Å². The van der Waals surface area contributed by atoms with Gasteiger partial charge < -0.3 is 15.2 Å². The lowest BCUT2D eigenvalue weighted by Crippen LogP contribution is -2.11. The van der Waals surface area contributed by atoms with Crippen LogP contribution in [-0.4, -0.2) is 20.0 Å². The predicted molar refractivity (Wildman–Crippen MR) is 89.8 cm³/mol. The van der Waals surface area contributed by atoms with E-state index in [0.29, 0.717) is 0 Å². The Morgan fingerprint density at radius 1 is 1.19 bits per heavy atom. The number of benzene rings is 1. The Hall–Kier alpha value is -1.17. The molecule has 0 aliphatic carbocycles. The van der Waals surface area contributed by atoms with Gasteiger partial charge in [0.15, 0.2) is 0 Å². The van der Waals surface area contributed by atoms with Gasteiger partial charge in [0.25, 0.3) is 0 Å². The minimum absolute atomic E-state index is 0.171. The number of thioether (sulfide) groups is 1. The summed E-state index contributed by atoms with van der Waals surface area (Å²) in [7, 11) is 3.34. The maximum Gasteiger partial charge on any atom is 0.124 e. The van der Waals surface area contributed by atoms with E-state index in [-0.39, 0.29) is 6.04 Å². The minimum Gasteiger partial charge on any atom is -0.497 e. The van der Waals surface area contributed by atoms with Gasteiger partial charge >= 0.3 is 0 Å². The van der Waals surface area contributed by atoms with Crippen LogP contribution in [0.4, 0.5) is 0 Å². The summed E-state index contributed by atoms with van der Waals surface area (Å²) >= 11 is 3.83. The van der Waals surface area contributed by atoms with Crippen molar-refractivity contribution in [3.8, 4) is 11.5 Å². The van der Waals surface area contributed by atoms with Crippen LogP contribution in [0.25, 0.3) is 0 Å². The first-order valence-corrected chi connectivity index (χ1v) is 8.86. The number of fused-ring (bicyclic) bond motifs is 1. The van der Waals surface area contributed by atoms with Crippen molar-refractivity contribution in [1.29, 1.82) is 0 Å². The van der Waals surface area contributed by atoms with Crippen LogP contribution in [-0.2, 0) is 12.2 Å². The molecule has 112 valence electrons. The van der Waals surface area contributed by atoms with Gasteiger partial charge in [-0.15, -0.1) is 11.3 Å². The molecule has 0 radical (unpaired) electrons. The zero-order valence-electron chi connectivity index (χ0n) is 12.2. The Balaban J connectivity index is 1.97. The van der Waals surface area contributed by atoms with E-state index < -0.39 is 0 Å². The maximum absolute atomic E-state index is 6.50. The van der Waals surface area contributed by atoms with Crippen molar-refractivity contribution in [3.63, 3.8) is 0 Å². The van der Waals surface area contributed by atoms with Crippen LogP contribution < -0.4 is 15.2 Å². The van der Waals surface area contributed by atoms with Crippen molar-refractivity contribution in [1.82, 2.24) is 0 Å². The second-order valence-corrected chi connectivity index (χ2v) is 7.26. The minimum atomic E-state index is -0.171. The Morgan fingerprint density at radius 3 is 2.76 bits per heavy atom. The van der Waals surface area contributed by atoms with Crippen LogP contribution in [0.15, 0.2) is 24.3 Å². The standard InChI is InChI=1S/C16H19NO2S2/c1-18-11-3-4-13(19-2)12(8-11)16(17)15-7-10-9-20-6-5-14(10)21-15/h3-4,7-8,16H,5-6,9,17H2,1-2H3. The monoisotopic (exact) mass is 321 g/mol. The molecule has 3 nitrogen and oxygen atoms in total. The zero-order chi connectivity index (χ0) is 14.8. The highest BCUT2D eigenvalue weighted by molar-refractivity contribution is 7.98. The molecule has 1 atom stereocenters. The van der Waals surface area contributed by atoms with Gasteiger partial charge in [0.1, 0.15) is 11.5 Å². The Labute approximate surface area is 133 Å². The topological polar surface area (TPSA) is 44.5 Å². The van der Waals surface area contributed by atoms with Gasteiger partial charge in [-0.1, -0.05) is 0 Å². The number of hydrogen-bond acceptors (Lipinski definition) is 5. The molecular formula is C16H19NO2S2. The second kappa shape index (κ2) is 6.30. The highest BCUT2D eigenvalue weighted by Gasteiger charge is 2.21. The van der Waals surface area contributed by atoms with Crippen molar-refractivity contribution < 1.29 is 9.47 Å². The van der Waals surface area contributed by atoms with Gasteiger partial charge in [-0.2, -0.15) is 11.8 Å². The van der Waals surface area contributed by atoms with Gasteiger partial charge in [0.2, 0.25) is 0 Å². The predicted octanol–water partition coefficient (Wildman–Crippen LogP) is 3.60. The molecule has 0 saturated heterocycles. The van der Waals surface area contributed by atoms with Crippen molar-refractivity contribution in [2.24, 2.45) is 5.73 Å². The first-order chi connectivity index (χ1) is 10.2. The molecule has 2 N–H and O–H groups in total. The fraction of sp³-hybridized carbons (Fsp3) is 0.375. The molecule has 2 aromatic rings. The van der Waals surface area contributed by atoms with Crippen molar-refractivity contribution in [3.05, 3.63) is 45.1 Å². The van der Waals surface area contributed by atoms with Crippen LogP contribution in [0.5, 0.6) is 11.5 Å². The van der Waals surface area contributed by atoms with E-state index in [9.17, 15) is 0 Å². The average molecular weight is 321 g/mol. The summed E-state index contributed by atoms with van der Waals surface area (Å²) in [5.74, 6) is 3.93. The van der Waals surface area contributed by atoms with Crippen LogP contribution in [0.1, 0.15) is 26.9 Å². The van der Waals surface area contributed by atoms with Crippen LogP contribution >= 0.6 is 23.1 Å². The fourth-order valence-corrected chi connectivity index (χ4v) is 4.96. The second-order valence-electron chi connectivity index (χ2n) is 4.99. The van der Waals surface area contributed by atoms with E-state index >= 15 is 0 Å². The van der Waals surface area contributed by atoms with Crippen LogP contribution in [0.3, 0.4) is 0 Å². The molecule has 1 unspecified atom stereocenters. The third-order valence-corrected chi connectivity index (χ3v) is 6.05. The third kappa shape index (κ3) is 2.91. The average Bonchev–Trinajstić information content (AvgIpc) is 2.97. The summed E-state index contributed by atoms with van der Waals surface area (Å²) in [6, 6.07) is 7.87. The largest absolute Gasteiger partial charge is 0.497 e. The highest BCUT2D eigenvalue weighted by atomic mass is 32.2. The maximum atomic E-state index is 6.50. The van der Waals surface area contributed by atoms with Gasteiger partial charge in [-0.05, 0) is 42.0 Å². The van der Waals surface area contributed by atoms with Gasteiger partial charge in [0.05, 0.1) is 20.3 Å². The van der Waals surface area contributed by atoms with E-state index in [2.05, 4.69) is 6.07 Å². The quantitative estimate of drug-likeness (QED) is 0.934. The van der Waals surface area contributed by atoms with E-state index in [0.717, 1.165) is 29.2 Å². The van der Waals surface area contributed by atoms with Crippen LogP contribution in [0, 0.1) is 0 Å². The molecule has 21 heavy (non-hydrogen) atoms. The fourth-order valence-electron chi connectivity index (χ4n) is 2.56. The summed E-state index contributed by atoms with van der Waals surface area (Å²) in [6.45, 7) is 0. The molecule has 0 spiro atoms. The van der Waals surface area contributed by atoms with E-state index in [1.807, 2.05) is 41.3 Å². The normalized spacial score (nSPS) is 15.4. The zero-order valence-corrected chi connectivity index (χ0v) is 13.9. The van der Waals surface area contributed by atoms with Crippen LogP contribution in [0.2, 0.25) is 0 Å². The molecule has 2 heterocycles. The molecule has 1 aromatic heterocycles. The summed E-state index contributed by atoms with van der Waals surface area (Å²) in [5.41, 5.74) is 8.92. The number of aryl methyl sites for hydroxylation is 1. The van der Waals surface area contributed by atoms with Gasteiger partial charge in [0, 0.05) is 21.1 Å². The molecule has 0 bridgehead atoms. The van der Waals surface area contributed by atoms with Crippen molar-refractivity contribution >= 4 is 23.1 Å². The Bertz CT molecular complexity index is 616. The molecule has 1 aliphatic heterocycles. The van der Waals surface area contributed by atoms with Gasteiger partial charge in [-0.25, -0.2) is 0 Å². The number of nitrogens with two attached hydrogens (primary N) is 1. The molecular weight excluding hydrogens is 302 g/mol. The molecule has 1 aliphatic rings. The third-order valence-electron chi connectivity index (χ3n) is 3.73. The lowest BCUT2D eigenvalue weighted by atomic mass is 10.0. The SMILES string of the molecule is COc1ccc(OC)c(C(N)c2cc3c(s2)CCSC3)c1. The first-order valence-electron chi connectivity index (χ1n) is 6.89. The molecule has 1 aromatic carbocycles. The molecule has 0 fully saturated rings. The smallest absolute Gasteiger partial charge is 0.124 e. The summed E-state index contributed by atoms with van der Waals surface area (Å²) in [4.78, 5) is 2.69. The lowest BCUT2D eigenvalue weighted by molar-refractivity contribution is 0.397. The molecule has 5 heteroatoms. The summed E-state index contributed by atoms with van der Waals surface area (Å²) in [6.07, 6.45) is 1.16. The molecule has 3 rings (SSSR count). The van der Waals surface area contributed by atoms with Crippen molar-refractivity contribution in [2.75, 3.05) is 20.0 Å². The Morgan fingerprint density at radius 2 is 2.05 bits per heavy atom. The first kappa shape index (κ1) is 14.8. The van der Waals surface area contributed by atoms with E-state index in [1.165, 1.54) is 21.1 Å². The molecule has 0 amide bonds. The van der Waals surface area contributed by atoms with Gasteiger partial charge in [-0.3, -0.25) is 0 Å². The summed E-state index contributed by atoms with van der Waals surface area (Å²) in [5, 5.41) is 0. The Kier molecular flexibility index (Phi) is 4.42. The number of rotatable bonds is 4. The van der Waals surface area contributed by atoms with E-state index in [4.69, 9.17) is 15.2 Å². The van der Waals surface area contributed by atoms with Crippen molar-refractivity contribution in [2.45, 2.75) is 18.2 Å². The molecule has 0 saturated carbocycles. The number of thiophene rings is 1.